The van der Waals surface area contributed by atoms with E-state index in [1.165, 1.54) is 0 Å². The Hall–Kier alpha value is -1.53. The molecule has 0 saturated carbocycles. The lowest BCUT2D eigenvalue weighted by atomic mass is 9.92. The van der Waals surface area contributed by atoms with Gasteiger partial charge in [-0.25, -0.2) is 0 Å². The normalized spacial score (nSPS) is 20.0. The van der Waals surface area contributed by atoms with E-state index in [-0.39, 0.29) is 11.8 Å². The number of hydrogen-bond donors (Lipinski definition) is 1. The molecule has 1 saturated heterocycles. The first-order valence-electron chi connectivity index (χ1n) is 8.67. The number of carbonyl (C=O) groups excluding carboxylic acids is 1. The van der Waals surface area contributed by atoms with Gasteiger partial charge in [0, 0.05) is 47.4 Å². The van der Waals surface area contributed by atoms with Gasteiger partial charge in [-0.15, -0.1) is 0 Å². The first-order chi connectivity index (χ1) is 12.5. The molecule has 0 unspecified atom stereocenters. The van der Waals surface area contributed by atoms with E-state index in [1.807, 2.05) is 36.5 Å². The fourth-order valence-electron chi connectivity index (χ4n) is 3.79. The Bertz CT molecular complexity index is 906. The molecule has 0 spiro atoms. The summed E-state index contributed by atoms with van der Waals surface area (Å²) in [6.07, 6.45) is 3.78. The highest BCUT2D eigenvalue weighted by Gasteiger charge is 2.32. The van der Waals surface area contributed by atoms with Crippen LogP contribution < -0.4 is 5.32 Å². The molecule has 1 aromatic carbocycles. The summed E-state index contributed by atoms with van der Waals surface area (Å²) >= 11 is 9.80. The van der Waals surface area contributed by atoms with Gasteiger partial charge < -0.3 is 5.32 Å². The van der Waals surface area contributed by atoms with Crippen LogP contribution in [-0.4, -0.2) is 41.8 Å². The molecule has 26 heavy (non-hydrogen) atoms. The van der Waals surface area contributed by atoms with Gasteiger partial charge in [0.2, 0.25) is 0 Å². The maximum atomic E-state index is 12.4. The number of piperazine rings is 1. The zero-order valence-electron chi connectivity index (χ0n) is 14.4. The molecule has 1 N–H and O–H groups in total. The van der Waals surface area contributed by atoms with Crippen molar-refractivity contribution < 1.29 is 4.79 Å². The van der Waals surface area contributed by atoms with E-state index in [9.17, 15) is 4.79 Å². The van der Waals surface area contributed by atoms with Gasteiger partial charge in [-0.3, -0.25) is 14.7 Å². The Morgan fingerprint density at radius 1 is 1.31 bits per heavy atom. The fraction of sp³-hybridized carbons (Fsp3) is 0.300. The molecule has 1 aliphatic carbocycles. The Morgan fingerprint density at radius 3 is 2.81 bits per heavy atom. The van der Waals surface area contributed by atoms with E-state index in [0.717, 1.165) is 53.0 Å². The van der Waals surface area contributed by atoms with Gasteiger partial charge in [0.05, 0.1) is 11.7 Å². The topological polar surface area (TPSA) is 45.2 Å². The molecule has 2 heterocycles. The van der Waals surface area contributed by atoms with Crippen molar-refractivity contribution in [1.82, 2.24) is 15.2 Å². The molecular formula is C20H19BrClN3O. The molecule has 2 aliphatic rings. The van der Waals surface area contributed by atoms with Gasteiger partial charge in [0.25, 0.3) is 0 Å². The summed E-state index contributed by atoms with van der Waals surface area (Å²) in [7, 11) is 0. The number of carbonyl (C=O) groups is 1. The minimum Gasteiger partial charge on any atom is -0.314 e. The van der Waals surface area contributed by atoms with Crippen LogP contribution in [0.1, 0.15) is 35.3 Å². The number of nitrogens with zero attached hydrogens (tertiary/aromatic N) is 2. The summed E-state index contributed by atoms with van der Waals surface area (Å²) in [6.45, 7) is 5.35. The quantitative estimate of drug-likeness (QED) is 0.781. The number of pyridine rings is 1. The molecular weight excluding hydrogens is 414 g/mol. The van der Waals surface area contributed by atoms with E-state index in [4.69, 9.17) is 16.6 Å². The molecule has 2 aromatic rings. The maximum Gasteiger partial charge on any atom is 0.160 e. The van der Waals surface area contributed by atoms with Crippen molar-refractivity contribution in [2.75, 3.05) is 26.2 Å². The van der Waals surface area contributed by atoms with Gasteiger partial charge in [-0.1, -0.05) is 17.7 Å². The number of aromatic nitrogens is 1. The van der Waals surface area contributed by atoms with Gasteiger partial charge in [0.1, 0.15) is 0 Å². The van der Waals surface area contributed by atoms with Crippen molar-refractivity contribution in [2.45, 2.75) is 13.0 Å². The zero-order valence-corrected chi connectivity index (χ0v) is 16.8. The monoisotopic (exact) mass is 431 g/mol. The molecule has 4 nitrogen and oxygen atoms in total. The molecule has 0 bridgehead atoms. The highest BCUT2D eigenvalue weighted by atomic mass is 79.9. The van der Waals surface area contributed by atoms with E-state index in [1.54, 1.807) is 6.92 Å². The number of allylic oxidation sites excluding steroid dienone is 1. The van der Waals surface area contributed by atoms with E-state index in [2.05, 4.69) is 26.1 Å². The predicted molar refractivity (Wildman–Crippen MR) is 108 cm³/mol. The largest absolute Gasteiger partial charge is 0.314 e. The van der Waals surface area contributed by atoms with E-state index in [0.29, 0.717) is 10.6 Å². The van der Waals surface area contributed by atoms with Gasteiger partial charge in [-0.05, 0) is 63.8 Å². The number of fused-ring (bicyclic) bond motifs is 2. The van der Waals surface area contributed by atoms with Crippen molar-refractivity contribution in [3.8, 4) is 0 Å². The third kappa shape index (κ3) is 3.25. The second-order valence-corrected chi connectivity index (χ2v) is 8.01. The smallest absolute Gasteiger partial charge is 0.160 e. The molecule has 1 aromatic heterocycles. The molecule has 0 radical (unpaired) electrons. The third-order valence-electron chi connectivity index (χ3n) is 4.97. The average Bonchev–Trinajstić information content (AvgIpc) is 2.76. The number of Topliss-reactive ketones (excluding diaryl/α,β-unsaturated/α-hetero) is 1. The number of nitrogens with one attached hydrogen (secondary N) is 1. The lowest BCUT2D eigenvalue weighted by molar-refractivity contribution is -0.111. The molecule has 1 atom stereocenters. The predicted octanol–water partition coefficient (Wildman–Crippen LogP) is 3.94. The summed E-state index contributed by atoms with van der Waals surface area (Å²) in [6, 6.07) is 7.88. The van der Waals surface area contributed by atoms with Crippen LogP contribution in [0, 0.1) is 0 Å². The second kappa shape index (κ2) is 7.24. The Kier molecular flexibility index (Phi) is 4.97. The molecule has 4 rings (SSSR count). The van der Waals surface area contributed by atoms with Crippen molar-refractivity contribution in [2.24, 2.45) is 0 Å². The lowest BCUT2D eigenvalue weighted by Gasteiger charge is -2.35. The minimum atomic E-state index is 0.000525. The summed E-state index contributed by atoms with van der Waals surface area (Å²) in [5, 5.41) is 4.04. The standard InChI is InChI=1S/C20H19BrClN3O/c1-12(26)17-9-13-8-14(21)11-24-19(13)20(25-6-4-23-5-7-25)16-3-2-15(22)10-18(16)17/h2-3,8-11,20,23H,4-7H2,1H3/t20-/m0/s1. The molecule has 1 aliphatic heterocycles. The van der Waals surface area contributed by atoms with Crippen molar-refractivity contribution in [1.29, 1.82) is 0 Å². The number of halogens is 2. The Labute approximate surface area is 166 Å². The summed E-state index contributed by atoms with van der Waals surface area (Å²) in [5.41, 5.74) is 4.63. The van der Waals surface area contributed by atoms with Crippen LogP contribution in [0.2, 0.25) is 5.02 Å². The van der Waals surface area contributed by atoms with Crippen LogP contribution in [-0.2, 0) is 4.79 Å². The van der Waals surface area contributed by atoms with Crippen molar-refractivity contribution in [3.63, 3.8) is 0 Å². The average molecular weight is 433 g/mol. The summed E-state index contributed by atoms with van der Waals surface area (Å²) < 4.78 is 0.901. The first-order valence-corrected chi connectivity index (χ1v) is 9.84. The van der Waals surface area contributed by atoms with Crippen LogP contribution in [0.5, 0.6) is 0 Å². The number of ketones is 1. The third-order valence-corrected chi connectivity index (χ3v) is 5.64. The van der Waals surface area contributed by atoms with Gasteiger partial charge >= 0.3 is 0 Å². The molecule has 1 fully saturated rings. The van der Waals surface area contributed by atoms with Crippen LogP contribution >= 0.6 is 27.5 Å². The van der Waals surface area contributed by atoms with E-state index < -0.39 is 0 Å². The lowest BCUT2D eigenvalue weighted by Crippen LogP contribution is -2.45. The number of hydrogen-bond acceptors (Lipinski definition) is 4. The fourth-order valence-corrected chi connectivity index (χ4v) is 4.31. The summed E-state index contributed by atoms with van der Waals surface area (Å²) in [4.78, 5) is 19.6. The van der Waals surface area contributed by atoms with Gasteiger partial charge in [0.15, 0.2) is 5.78 Å². The van der Waals surface area contributed by atoms with Crippen molar-refractivity contribution in [3.05, 3.63) is 62.3 Å². The first kappa shape index (κ1) is 17.9. The van der Waals surface area contributed by atoms with E-state index >= 15 is 0 Å². The maximum absolute atomic E-state index is 12.4. The Balaban J connectivity index is 1.99. The number of benzene rings is 1. The summed E-state index contributed by atoms with van der Waals surface area (Å²) in [5.74, 6) is 0.0282. The highest BCUT2D eigenvalue weighted by Crippen LogP contribution is 2.40. The Morgan fingerprint density at radius 2 is 2.08 bits per heavy atom. The van der Waals surface area contributed by atoms with Gasteiger partial charge in [-0.2, -0.15) is 0 Å². The van der Waals surface area contributed by atoms with Crippen LogP contribution in [0.15, 0.2) is 34.9 Å². The van der Waals surface area contributed by atoms with Crippen LogP contribution in [0.3, 0.4) is 0 Å². The second-order valence-electron chi connectivity index (χ2n) is 6.66. The zero-order chi connectivity index (χ0) is 18.3. The minimum absolute atomic E-state index is 0.000525. The molecule has 134 valence electrons. The molecule has 6 heteroatoms. The highest BCUT2D eigenvalue weighted by molar-refractivity contribution is 9.10. The van der Waals surface area contributed by atoms with Crippen molar-refractivity contribution >= 4 is 45.0 Å². The van der Waals surface area contributed by atoms with Crippen LogP contribution in [0.25, 0.3) is 11.6 Å². The number of rotatable bonds is 2. The SMILES string of the molecule is CC(=O)C1=Cc2cc(Br)cnc2[C@@H](N2CCNCC2)c2ccc(Cl)cc21. The van der Waals surface area contributed by atoms with Crippen LogP contribution in [0.4, 0.5) is 0 Å². The molecule has 0 amide bonds.